The fourth-order valence-electron chi connectivity index (χ4n) is 2.02. The number of methoxy groups -OCH3 is 3. The average molecular weight is 283 g/mol. The van der Waals surface area contributed by atoms with Crippen LogP contribution in [-0.4, -0.2) is 57.6 Å². The van der Waals surface area contributed by atoms with Crippen LogP contribution >= 0.6 is 0 Å². The first-order valence-corrected chi connectivity index (χ1v) is 6.78. The second-order valence-corrected chi connectivity index (χ2v) is 4.58. The highest BCUT2D eigenvalue weighted by atomic mass is 16.5. The third kappa shape index (κ3) is 5.36. The number of nitrogens with zero attached hydrogens (tertiary/aromatic N) is 1. The van der Waals surface area contributed by atoms with E-state index in [4.69, 9.17) is 14.2 Å². The van der Waals surface area contributed by atoms with Gasteiger partial charge in [-0.3, -0.25) is 4.90 Å². The van der Waals surface area contributed by atoms with Gasteiger partial charge in [-0.1, -0.05) is 12.1 Å². The number of aromatic hydroxyl groups is 1. The summed E-state index contributed by atoms with van der Waals surface area (Å²) in [5.41, 5.74) is 0.859. The number of rotatable bonds is 10. The number of para-hydroxylation sites is 1. The summed E-state index contributed by atoms with van der Waals surface area (Å²) in [6.45, 7) is 3.77. The van der Waals surface area contributed by atoms with Crippen LogP contribution in [-0.2, 0) is 16.0 Å². The minimum atomic E-state index is 0.212. The summed E-state index contributed by atoms with van der Waals surface area (Å²) in [7, 11) is 4.95. The van der Waals surface area contributed by atoms with Crippen LogP contribution in [0.2, 0.25) is 0 Å². The lowest BCUT2D eigenvalue weighted by Crippen LogP contribution is -2.28. The highest BCUT2D eigenvalue weighted by Gasteiger charge is 2.11. The monoisotopic (exact) mass is 283 g/mol. The predicted octanol–water partition coefficient (Wildman–Crippen LogP) is 1.89. The molecule has 0 spiro atoms. The minimum absolute atomic E-state index is 0.212. The van der Waals surface area contributed by atoms with E-state index in [0.29, 0.717) is 18.9 Å². The number of hydrogen-bond donors (Lipinski definition) is 1. The second-order valence-electron chi connectivity index (χ2n) is 4.58. The van der Waals surface area contributed by atoms with Gasteiger partial charge in [-0.25, -0.2) is 0 Å². The predicted molar refractivity (Wildman–Crippen MR) is 78.3 cm³/mol. The molecule has 0 bridgehead atoms. The summed E-state index contributed by atoms with van der Waals surface area (Å²) in [6, 6.07) is 5.55. The molecule has 1 rings (SSSR count). The van der Waals surface area contributed by atoms with E-state index < -0.39 is 0 Å². The quantitative estimate of drug-likeness (QED) is 0.665. The molecule has 0 amide bonds. The number of hydrogen-bond acceptors (Lipinski definition) is 5. The van der Waals surface area contributed by atoms with Gasteiger partial charge in [0.1, 0.15) is 0 Å². The zero-order valence-corrected chi connectivity index (χ0v) is 12.6. The maximum absolute atomic E-state index is 10.1. The minimum Gasteiger partial charge on any atom is -0.504 e. The van der Waals surface area contributed by atoms with Crippen molar-refractivity contribution in [2.45, 2.75) is 13.0 Å². The zero-order valence-electron chi connectivity index (χ0n) is 12.6. The van der Waals surface area contributed by atoms with Gasteiger partial charge >= 0.3 is 0 Å². The number of ether oxygens (including phenoxy) is 3. The van der Waals surface area contributed by atoms with E-state index in [-0.39, 0.29) is 5.75 Å². The van der Waals surface area contributed by atoms with E-state index in [9.17, 15) is 5.11 Å². The fraction of sp³-hybridized carbons (Fsp3) is 0.600. The highest BCUT2D eigenvalue weighted by Crippen LogP contribution is 2.30. The summed E-state index contributed by atoms with van der Waals surface area (Å²) in [5.74, 6) is 0.718. The molecule has 0 aliphatic carbocycles. The molecule has 0 aliphatic rings. The Hall–Kier alpha value is -1.30. The Labute approximate surface area is 121 Å². The molecule has 0 atom stereocenters. The van der Waals surface area contributed by atoms with Gasteiger partial charge in [-0.2, -0.15) is 0 Å². The van der Waals surface area contributed by atoms with Crippen LogP contribution in [0.5, 0.6) is 11.5 Å². The van der Waals surface area contributed by atoms with Gasteiger partial charge in [0.25, 0.3) is 0 Å². The Morgan fingerprint density at radius 3 is 2.45 bits per heavy atom. The van der Waals surface area contributed by atoms with Crippen LogP contribution in [0.1, 0.15) is 12.0 Å². The van der Waals surface area contributed by atoms with Crippen LogP contribution in [0.3, 0.4) is 0 Å². The first-order chi connectivity index (χ1) is 9.72. The molecule has 114 valence electrons. The lowest BCUT2D eigenvalue weighted by atomic mass is 10.1. The summed E-state index contributed by atoms with van der Waals surface area (Å²) >= 11 is 0. The SMILES string of the molecule is COCCCN(CCOC)Cc1cccc(OC)c1O. The van der Waals surface area contributed by atoms with Gasteiger partial charge in [0.15, 0.2) is 11.5 Å². The Morgan fingerprint density at radius 1 is 1.05 bits per heavy atom. The summed E-state index contributed by atoms with van der Waals surface area (Å²) in [5, 5.41) is 10.1. The standard InChI is InChI=1S/C15H25NO4/c1-18-10-5-8-16(9-11-19-2)12-13-6-4-7-14(20-3)15(13)17/h4,6-7,17H,5,8-12H2,1-3H3. The summed E-state index contributed by atoms with van der Waals surface area (Å²) in [6.07, 6.45) is 0.949. The molecule has 5 nitrogen and oxygen atoms in total. The van der Waals surface area contributed by atoms with E-state index in [0.717, 1.165) is 31.7 Å². The summed E-state index contributed by atoms with van der Waals surface area (Å²) < 4.78 is 15.3. The Bertz CT molecular complexity index is 384. The Morgan fingerprint density at radius 2 is 1.80 bits per heavy atom. The normalized spacial score (nSPS) is 11.0. The van der Waals surface area contributed by atoms with Crippen molar-refractivity contribution in [3.8, 4) is 11.5 Å². The van der Waals surface area contributed by atoms with Crippen LogP contribution in [0, 0.1) is 0 Å². The molecule has 0 unspecified atom stereocenters. The van der Waals surface area contributed by atoms with E-state index in [2.05, 4.69) is 4.90 Å². The van der Waals surface area contributed by atoms with Crippen LogP contribution in [0.25, 0.3) is 0 Å². The zero-order chi connectivity index (χ0) is 14.8. The lowest BCUT2D eigenvalue weighted by Gasteiger charge is -2.22. The number of phenolic OH excluding ortho intramolecular Hbond substituents is 1. The van der Waals surface area contributed by atoms with E-state index in [1.807, 2.05) is 12.1 Å². The molecule has 5 heteroatoms. The van der Waals surface area contributed by atoms with Gasteiger partial charge in [0, 0.05) is 46.0 Å². The largest absolute Gasteiger partial charge is 0.504 e. The lowest BCUT2D eigenvalue weighted by molar-refractivity contribution is 0.128. The van der Waals surface area contributed by atoms with Crippen molar-refractivity contribution in [2.24, 2.45) is 0 Å². The van der Waals surface area contributed by atoms with Crippen molar-refractivity contribution >= 4 is 0 Å². The second kappa shape index (κ2) is 9.58. The number of benzene rings is 1. The van der Waals surface area contributed by atoms with E-state index in [1.54, 1.807) is 27.4 Å². The third-order valence-electron chi connectivity index (χ3n) is 3.13. The molecule has 0 saturated carbocycles. The maximum atomic E-state index is 10.1. The van der Waals surface area contributed by atoms with Crippen molar-refractivity contribution in [1.82, 2.24) is 4.90 Å². The molecule has 0 radical (unpaired) electrons. The van der Waals surface area contributed by atoms with Gasteiger partial charge in [0.05, 0.1) is 13.7 Å². The van der Waals surface area contributed by atoms with E-state index in [1.165, 1.54) is 0 Å². The molecule has 1 aromatic rings. The molecular weight excluding hydrogens is 258 g/mol. The van der Waals surface area contributed by atoms with E-state index >= 15 is 0 Å². The molecule has 1 N–H and O–H groups in total. The molecule has 0 saturated heterocycles. The first kappa shape index (κ1) is 16.8. The van der Waals surface area contributed by atoms with Crippen LogP contribution < -0.4 is 4.74 Å². The maximum Gasteiger partial charge on any atom is 0.162 e. The average Bonchev–Trinajstić information content (AvgIpc) is 2.46. The van der Waals surface area contributed by atoms with Crippen molar-refractivity contribution in [3.63, 3.8) is 0 Å². The molecule has 0 aliphatic heterocycles. The van der Waals surface area contributed by atoms with Crippen molar-refractivity contribution < 1.29 is 19.3 Å². The summed E-state index contributed by atoms with van der Waals surface area (Å²) in [4.78, 5) is 2.23. The van der Waals surface area contributed by atoms with Gasteiger partial charge in [-0.15, -0.1) is 0 Å². The smallest absolute Gasteiger partial charge is 0.162 e. The Kier molecular flexibility index (Phi) is 8.02. The fourth-order valence-corrected chi connectivity index (χ4v) is 2.02. The molecule has 0 fully saturated rings. The topological polar surface area (TPSA) is 51.2 Å². The van der Waals surface area contributed by atoms with Crippen molar-refractivity contribution in [1.29, 1.82) is 0 Å². The van der Waals surface area contributed by atoms with Crippen LogP contribution in [0.15, 0.2) is 18.2 Å². The molecule has 0 aromatic heterocycles. The van der Waals surface area contributed by atoms with Crippen molar-refractivity contribution in [3.05, 3.63) is 23.8 Å². The first-order valence-electron chi connectivity index (χ1n) is 6.78. The molecule has 20 heavy (non-hydrogen) atoms. The highest BCUT2D eigenvalue weighted by molar-refractivity contribution is 5.45. The third-order valence-corrected chi connectivity index (χ3v) is 3.13. The molecule has 1 aromatic carbocycles. The van der Waals surface area contributed by atoms with Gasteiger partial charge < -0.3 is 19.3 Å². The molecule has 0 heterocycles. The number of phenols is 1. The van der Waals surface area contributed by atoms with Gasteiger partial charge in [0.2, 0.25) is 0 Å². The molecular formula is C15H25NO4. The van der Waals surface area contributed by atoms with Crippen molar-refractivity contribution in [2.75, 3.05) is 47.6 Å². The van der Waals surface area contributed by atoms with Crippen LogP contribution in [0.4, 0.5) is 0 Å². The van der Waals surface area contributed by atoms with Gasteiger partial charge in [-0.05, 0) is 12.5 Å². The Balaban J connectivity index is 2.67.